The molecule has 1 aliphatic rings. The molecule has 5 nitrogen and oxygen atoms in total. The van der Waals surface area contributed by atoms with Gasteiger partial charge in [0.1, 0.15) is 5.82 Å². The van der Waals surface area contributed by atoms with Crippen LogP contribution in [0.4, 0.5) is 0 Å². The maximum absolute atomic E-state index is 5.77. The summed E-state index contributed by atoms with van der Waals surface area (Å²) in [5.74, 6) is 0.956. The first-order chi connectivity index (χ1) is 8.88. The lowest BCUT2D eigenvalue weighted by Crippen LogP contribution is -2.23. The Morgan fingerprint density at radius 3 is 3.06 bits per heavy atom. The molecule has 18 heavy (non-hydrogen) atoms. The zero-order chi connectivity index (χ0) is 12.4. The van der Waals surface area contributed by atoms with Gasteiger partial charge in [0.05, 0.1) is 6.10 Å². The summed E-state index contributed by atoms with van der Waals surface area (Å²) in [6.07, 6.45) is 4.62. The smallest absolute Gasteiger partial charge is 0.161 e. The summed E-state index contributed by atoms with van der Waals surface area (Å²) in [5, 5.41) is 8.47. The lowest BCUT2D eigenvalue weighted by atomic mass is 10.1. The van der Waals surface area contributed by atoms with Gasteiger partial charge in [-0.3, -0.25) is 4.40 Å². The molecule has 1 atom stereocenters. The number of fused-ring (bicyclic) bond motifs is 1. The number of pyridine rings is 1. The summed E-state index contributed by atoms with van der Waals surface area (Å²) < 4.78 is 7.81. The molecule has 0 aliphatic carbocycles. The Hall–Kier alpha value is -1.46. The number of rotatable bonds is 3. The normalized spacial score (nSPS) is 20.4. The summed E-state index contributed by atoms with van der Waals surface area (Å²) in [7, 11) is 0. The molecule has 0 aromatic carbocycles. The van der Waals surface area contributed by atoms with Gasteiger partial charge in [-0.15, -0.1) is 10.2 Å². The van der Waals surface area contributed by atoms with Crippen LogP contribution in [0.1, 0.15) is 30.8 Å². The quantitative estimate of drug-likeness (QED) is 0.886. The maximum atomic E-state index is 5.77. The third-order valence-corrected chi connectivity index (χ3v) is 3.47. The second-order valence-corrected chi connectivity index (χ2v) is 4.72. The summed E-state index contributed by atoms with van der Waals surface area (Å²) in [4.78, 5) is 0. The van der Waals surface area contributed by atoms with Crippen molar-refractivity contribution in [2.75, 3.05) is 6.61 Å². The highest BCUT2D eigenvalue weighted by atomic mass is 16.5. The first-order valence-corrected chi connectivity index (χ1v) is 6.52. The van der Waals surface area contributed by atoms with E-state index in [1.807, 2.05) is 18.2 Å². The molecule has 2 aromatic heterocycles. The third kappa shape index (κ3) is 2.11. The molecular formula is C13H18N4O. The molecule has 0 saturated carbocycles. The highest BCUT2D eigenvalue weighted by Crippen LogP contribution is 2.17. The van der Waals surface area contributed by atoms with Crippen molar-refractivity contribution in [3.8, 4) is 0 Å². The van der Waals surface area contributed by atoms with E-state index in [1.54, 1.807) is 0 Å². The highest BCUT2D eigenvalue weighted by Gasteiger charge is 2.18. The second kappa shape index (κ2) is 5.04. The van der Waals surface area contributed by atoms with E-state index in [9.17, 15) is 0 Å². The zero-order valence-corrected chi connectivity index (χ0v) is 10.4. The minimum absolute atomic E-state index is 0.275. The Labute approximate surface area is 106 Å². The van der Waals surface area contributed by atoms with Crippen molar-refractivity contribution in [2.45, 2.75) is 38.3 Å². The molecule has 2 aromatic rings. The lowest BCUT2D eigenvalue weighted by Gasteiger charge is -2.21. The van der Waals surface area contributed by atoms with Gasteiger partial charge in [0.2, 0.25) is 0 Å². The Morgan fingerprint density at radius 1 is 1.33 bits per heavy atom. The van der Waals surface area contributed by atoms with Gasteiger partial charge >= 0.3 is 0 Å². The summed E-state index contributed by atoms with van der Waals surface area (Å²) in [5.41, 5.74) is 7.68. The topological polar surface area (TPSA) is 65.4 Å². The van der Waals surface area contributed by atoms with Crippen molar-refractivity contribution in [3.05, 3.63) is 29.7 Å². The molecule has 3 rings (SSSR count). The Bertz CT molecular complexity index is 531. The van der Waals surface area contributed by atoms with Gasteiger partial charge in [-0.1, -0.05) is 6.07 Å². The summed E-state index contributed by atoms with van der Waals surface area (Å²) in [6, 6.07) is 5.94. The second-order valence-electron chi connectivity index (χ2n) is 4.72. The summed E-state index contributed by atoms with van der Waals surface area (Å²) >= 11 is 0. The van der Waals surface area contributed by atoms with Gasteiger partial charge in [0.25, 0.3) is 0 Å². The van der Waals surface area contributed by atoms with Gasteiger partial charge in [0, 0.05) is 25.3 Å². The molecule has 1 unspecified atom stereocenters. The van der Waals surface area contributed by atoms with Crippen LogP contribution in [-0.2, 0) is 17.7 Å². The number of ether oxygens (including phenoxy) is 1. The molecule has 1 saturated heterocycles. The molecule has 1 fully saturated rings. The molecule has 1 aliphatic heterocycles. The fourth-order valence-corrected chi connectivity index (χ4v) is 2.53. The van der Waals surface area contributed by atoms with Crippen LogP contribution in [0.25, 0.3) is 5.65 Å². The van der Waals surface area contributed by atoms with Crippen molar-refractivity contribution < 1.29 is 4.74 Å². The van der Waals surface area contributed by atoms with E-state index >= 15 is 0 Å². The van der Waals surface area contributed by atoms with E-state index in [0.29, 0.717) is 6.54 Å². The van der Waals surface area contributed by atoms with Gasteiger partial charge in [-0.25, -0.2) is 0 Å². The van der Waals surface area contributed by atoms with Crippen molar-refractivity contribution >= 4 is 5.65 Å². The number of hydrogen-bond donors (Lipinski definition) is 1. The van der Waals surface area contributed by atoms with Crippen molar-refractivity contribution in [3.63, 3.8) is 0 Å². The predicted molar refractivity (Wildman–Crippen MR) is 68.2 cm³/mol. The number of aromatic nitrogens is 3. The molecule has 0 radical (unpaired) electrons. The molecule has 96 valence electrons. The van der Waals surface area contributed by atoms with E-state index < -0.39 is 0 Å². The SMILES string of the molecule is NCc1cccc2nnc(CC3CCCCO3)n12. The first-order valence-electron chi connectivity index (χ1n) is 6.52. The zero-order valence-electron chi connectivity index (χ0n) is 10.4. The molecule has 2 N–H and O–H groups in total. The summed E-state index contributed by atoms with van der Waals surface area (Å²) in [6.45, 7) is 1.36. The van der Waals surface area contributed by atoms with E-state index in [0.717, 1.165) is 36.6 Å². The largest absolute Gasteiger partial charge is 0.378 e. The van der Waals surface area contributed by atoms with E-state index in [4.69, 9.17) is 10.5 Å². The van der Waals surface area contributed by atoms with Crippen molar-refractivity contribution in [2.24, 2.45) is 5.73 Å². The van der Waals surface area contributed by atoms with Crippen LogP contribution < -0.4 is 5.73 Å². The van der Waals surface area contributed by atoms with Gasteiger partial charge in [-0.05, 0) is 31.4 Å². The predicted octanol–water partition coefficient (Wildman–Crippen LogP) is 1.30. The van der Waals surface area contributed by atoms with Gasteiger partial charge < -0.3 is 10.5 Å². The Balaban J connectivity index is 1.91. The number of nitrogens with two attached hydrogens (primary N) is 1. The van der Waals surface area contributed by atoms with Crippen LogP contribution in [-0.4, -0.2) is 27.3 Å². The fraction of sp³-hybridized carbons (Fsp3) is 0.538. The number of hydrogen-bond acceptors (Lipinski definition) is 4. The standard InChI is InChI=1S/C13H18N4O/c14-9-10-4-3-6-12-15-16-13(17(10)12)8-11-5-1-2-7-18-11/h3-4,6,11H,1-2,5,7-9,14H2. The maximum Gasteiger partial charge on any atom is 0.161 e. The van der Waals surface area contributed by atoms with Crippen LogP contribution in [0.15, 0.2) is 18.2 Å². The van der Waals surface area contributed by atoms with Crippen LogP contribution in [0.5, 0.6) is 0 Å². The van der Waals surface area contributed by atoms with Crippen LogP contribution >= 0.6 is 0 Å². The molecule has 5 heteroatoms. The van der Waals surface area contributed by atoms with Crippen LogP contribution in [0.3, 0.4) is 0 Å². The van der Waals surface area contributed by atoms with Crippen LogP contribution in [0, 0.1) is 0 Å². The molecular weight excluding hydrogens is 228 g/mol. The van der Waals surface area contributed by atoms with E-state index in [-0.39, 0.29) is 6.10 Å². The van der Waals surface area contributed by atoms with Crippen molar-refractivity contribution in [1.82, 2.24) is 14.6 Å². The average molecular weight is 246 g/mol. The van der Waals surface area contributed by atoms with Gasteiger partial charge in [-0.2, -0.15) is 0 Å². The van der Waals surface area contributed by atoms with E-state index in [1.165, 1.54) is 12.8 Å². The minimum atomic E-state index is 0.275. The fourth-order valence-electron chi connectivity index (χ4n) is 2.53. The first kappa shape index (κ1) is 11.6. The molecule has 0 amide bonds. The minimum Gasteiger partial charge on any atom is -0.378 e. The van der Waals surface area contributed by atoms with Crippen LogP contribution in [0.2, 0.25) is 0 Å². The number of nitrogens with zero attached hydrogens (tertiary/aromatic N) is 3. The Morgan fingerprint density at radius 2 is 2.28 bits per heavy atom. The average Bonchev–Trinajstić information content (AvgIpc) is 2.83. The van der Waals surface area contributed by atoms with Crippen molar-refractivity contribution in [1.29, 1.82) is 0 Å². The lowest BCUT2D eigenvalue weighted by molar-refractivity contribution is 0.0155. The monoisotopic (exact) mass is 246 g/mol. The third-order valence-electron chi connectivity index (χ3n) is 3.47. The molecule has 0 spiro atoms. The van der Waals surface area contributed by atoms with Gasteiger partial charge in [0.15, 0.2) is 5.65 Å². The van der Waals surface area contributed by atoms with E-state index in [2.05, 4.69) is 14.6 Å². The molecule has 0 bridgehead atoms. The molecule has 3 heterocycles. The highest BCUT2D eigenvalue weighted by molar-refractivity contribution is 5.40. The Kier molecular flexibility index (Phi) is 3.25.